The van der Waals surface area contributed by atoms with Crippen LogP contribution in [0.1, 0.15) is 44.6 Å². The van der Waals surface area contributed by atoms with Gasteiger partial charge in [0.1, 0.15) is 12.1 Å². The summed E-state index contributed by atoms with van der Waals surface area (Å²) in [5.41, 5.74) is 9.19. The molecule has 0 atom stereocenters. The van der Waals surface area contributed by atoms with E-state index in [4.69, 9.17) is 9.40 Å². The summed E-state index contributed by atoms with van der Waals surface area (Å²) in [6, 6.07) is 16.6. The van der Waals surface area contributed by atoms with Crippen molar-refractivity contribution in [1.29, 1.82) is 0 Å². The second-order valence-corrected chi connectivity index (χ2v) is 9.49. The first-order valence-corrected chi connectivity index (χ1v) is 12.9. The van der Waals surface area contributed by atoms with Gasteiger partial charge in [-0.05, 0) is 66.8 Å². The normalized spacial score (nSPS) is 11.2. The van der Waals surface area contributed by atoms with Gasteiger partial charge in [-0.2, -0.15) is 0 Å². The average molecular weight is 509 g/mol. The van der Waals surface area contributed by atoms with E-state index in [2.05, 4.69) is 75.8 Å². The molecule has 194 valence electrons. The number of oxazole rings is 1. The van der Waals surface area contributed by atoms with Gasteiger partial charge in [0, 0.05) is 32.1 Å². The van der Waals surface area contributed by atoms with Gasteiger partial charge in [-0.3, -0.25) is 9.78 Å². The molecule has 8 nitrogen and oxygen atoms in total. The Hall–Kier alpha value is -4.30. The zero-order valence-electron chi connectivity index (χ0n) is 22.0. The van der Waals surface area contributed by atoms with Gasteiger partial charge >= 0.3 is 0 Å². The van der Waals surface area contributed by atoms with Crippen LogP contribution in [0.2, 0.25) is 0 Å². The SMILES string of the molecule is Cc1cccnc1CNC(=O)c1coc(CCNCCc2nc3ccc(-c4cccc(C)c4C)cc3[nH]2)n1. The van der Waals surface area contributed by atoms with Crippen molar-refractivity contribution in [3.63, 3.8) is 0 Å². The van der Waals surface area contributed by atoms with E-state index < -0.39 is 0 Å². The minimum absolute atomic E-state index is 0.274. The van der Waals surface area contributed by atoms with E-state index >= 15 is 0 Å². The van der Waals surface area contributed by atoms with E-state index in [0.717, 1.165) is 41.1 Å². The summed E-state index contributed by atoms with van der Waals surface area (Å²) in [6.45, 7) is 8.07. The molecule has 0 aliphatic carbocycles. The standard InChI is InChI=1S/C30H32N6O2/c1-19-6-4-8-23(21(19)3)22-9-10-24-25(16-22)35-28(34-24)11-14-31-15-12-29-36-27(18-38-29)30(37)33-17-26-20(2)7-5-13-32-26/h4-10,13,16,18,31H,11-12,14-15,17H2,1-3H3,(H,33,37)(H,34,35). The minimum atomic E-state index is -0.274. The Morgan fingerprint density at radius 3 is 2.68 bits per heavy atom. The fourth-order valence-corrected chi connectivity index (χ4v) is 4.43. The van der Waals surface area contributed by atoms with Crippen molar-refractivity contribution in [2.45, 2.75) is 40.2 Å². The Kier molecular flexibility index (Phi) is 7.60. The summed E-state index contributed by atoms with van der Waals surface area (Å²) >= 11 is 0. The number of H-pyrrole nitrogens is 1. The number of aromatic amines is 1. The number of nitrogens with zero attached hydrogens (tertiary/aromatic N) is 3. The molecule has 8 heteroatoms. The maximum absolute atomic E-state index is 12.4. The van der Waals surface area contributed by atoms with E-state index in [0.29, 0.717) is 25.4 Å². The first-order valence-electron chi connectivity index (χ1n) is 12.9. The molecular weight excluding hydrogens is 476 g/mol. The molecule has 3 heterocycles. The molecule has 0 unspecified atom stereocenters. The molecule has 0 aliphatic rings. The van der Waals surface area contributed by atoms with Gasteiger partial charge < -0.3 is 20.0 Å². The van der Waals surface area contributed by atoms with Crippen molar-refractivity contribution >= 4 is 16.9 Å². The van der Waals surface area contributed by atoms with Crippen molar-refractivity contribution in [2.75, 3.05) is 13.1 Å². The first kappa shape index (κ1) is 25.4. The predicted molar refractivity (Wildman–Crippen MR) is 148 cm³/mol. The van der Waals surface area contributed by atoms with Gasteiger partial charge in [0.15, 0.2) is 11.6 Å². The van der Waals surface area contributed by atoms with E-state index in [1.54, 1.807) is 6.20 Å². The van der Waals surface area contributed by atoms with E-state index in [1.807, 2.05) is 19.1 Å². The number of pyridine rings is 1. The highest BCUT2D eigenvalue weighted by molar-refractivity contribution is 5.91. The van der Waals surface area contributed by atoms with Gasteiger partial charge in [0.05, 0.1) is 23.3 Å². The quantitative estimate of drug-likeness (QED) is 0.233. The van der Waals surface area contributed by atoms with Crippen LogP contribution >= 0.6 is 0 Å². The van der Waals surface area contributed by atoms with Crippen LogP contribution in [0.3, 0.4) is 0 Å². The maximum Gasteiger partial charge on any atom is 0.273 e. The smallest absolute Gasteiger partial charge is 0.273 e. The topological polar surface area (TPSA) is 109 Å². The number of aryl methyl sites for hydroxylation is 2. The molecule has 0 fully saturated rings. The molecular formula is C30H32N6O2. The van der Waals surface area contributed by atoms with Crippen LogP contribution in [0.25, 0.3) is 22.2 Å². The zero-order chi connectivity index (χ0) is 26.5. The van der Waals surface area contributed by atoms with Crippen LogP contribution in [0.5, 0.6) is 0 Å². The van der Waals surface area contributed by atoms with Crippen molar-refractivity contribution < 1.29 is 9.21 Å². The maximum atomic E-state index is 12.4. The van der Waals surface area contributed by atoms with Crippen LogP contribution in [-0.2, 0) is 19.4 Å². The molecule has 0 saturated carbocycles. The Balaban J connectivity index is 1.08. The molecule has 38 heavy (non-hydrogen) atoms. The number of carbonyl (C=O) groups excluding carboxylic acids is 1. The fraction of sp³-hybridized carbons (Fsp3) is 0.267. The number of hydrogen-bond acceptors (Lipinski definition) is 6. The van der Waals surface area contributed by atoms with Crippen LogP contribution in [-0.4, -0.2) is 38.9 Å². The van der Waals surface area contributed by atoms with Crippen molar-refractivity contribution in [3.8, 4) is 11.1 Å². The second-order valence-electron chi connectivity index (χ2n) is 9.49. The summed E-state index contributed by atoms with van der Waals surface area (Å²) < 4.78 is 5.48. The number of benzene rings is 2. The minimum Gasteiger partial charge on any atom is -0.448 e. The molecule has 2 aromatic carbocycles. The van der Waals surface area contributed by atoms with E-state index in [9.17, 15) is 4.79 Å². The van der Waals surface area contributed by atoms with Crippen molar-refractivity contribution in [3.05, 3.63) is 101 Å². The van der Waals surface area contributed by atoms with Gasteiger partial charge in [-0.25, -0.2) is 9.97 Å². The summed E-state index contributed by atoms with van der Waals surface area (Å²) in [7, 11) is 0. The zero-order valence-corrected chi connectivity index (χ0v) is 22.0. The van der Waals surface area contributed by atoms with Crippen molar-refractivity contribution in [1.82, 2.24) is 30.6 Å². The van der Waals surface area contributed by atoms with E-state index in [-0.39, 0.29) is 11.6 Å². The summed E-state index contributed by atoms with van der Waals surface area (Å²) in [4.78, 5) is 29.2. The van der Waals surface area contributed by atoms with Gasteiger partial charge in [0.2, 0.25) is 0 Å². The fourth-order valence-electron chi connectivity index (χ4n) is 4.43. The molecule has 3 aromatic heterocycles. The third-order valence-corrected chi connectivity index (χ3v) is 6.82. The van der Waals surface area contributed by atoms with Crippen LogP contribution in [0.4, 0.5) is 0 Å². The van der Waals surface area contributed by atoms with Crippen molar-refractivity contribution in [2.24, 2.45) is 0 Å². The number of rotatable bonds is 10. The first-order chi connectivity index (χ1) is 18.5. The lowest BCUT2D eigenvalue weighted by atomic mass is 9.97. The highest BCUT2D eigenvalue weighted by Crippen LogP contribution is 2.27. The molecule has 0 saturated heterocycles. The number of nitrogens with one attached hydrogen (secondary N) is 3. The number of carbonyl (C=O) groups is 1. The Bertz CT molecular complexity index is 1570. The lowest BCUT2D eigenvalue weighted by Gasteiger charge is -2.08. The summed E-state index contributed by atoms with van der Waals surface area (Å²) in [5, 5.41) is 6.24. The lowest BCUT2D eigenvalue weighted by molar-refractivity contribution is 0.0945. The van der Waals surface area contributed by atoms with Crippen LogP contribution in [0, 0.1) is 20.8 Å². The third-order valence-electron chi connectivity index (χ3n) is 6.82. The Morgan fingerprint density at radius 1 is 0.974 bits per heavy atom. The third kappa shape index (κ3) is 5.81. The molecule has 0 spiro atoms. The number of aromatic nitrogens is 4. The number of amides is 1. The molecule has 5 aromatic rings. The number of hydrogen-bond donors (Lipinski definition) is 3. The largest absolute Gasteiger partial charge is 0.448 e. The van der Waals surface area contributed by atoms with E-state index in [1.165, 1.54) is 28.5 Å². The second kappa shape index (κ2) is 11.4. The highest BCUT2D eigenvalue weighted by Gasteiger charge is 2.13. The monoisotopic (exact) mass is 508 g/mol. The number of fused-ring (bicyclic) bond motifs is 1. The highest BCUT2D eigenvalue weighted by atomic mass is 16.3. The molecule has 3 N–H and O–H groups in total. The van der Waals surface area contributed by atoms with Crippen LogP contribution in [0.15, 0.2) is 65.4 Å². The average Bonchev–Trinajstić information content (AvgIpc) is 3.56. The number of imidazole rings is 1. The summed E-state index contributed by atoms with van der Waals surface area (Å²) in [6.07, 6.45) is 4.48. The summed E-state index contributed by atoms with van der Waals surface area (Å²) in [5.74, 6) is 1.20. The molecule has 1 amide bonds. The van der Waals surface area contributed by atoms with Gasteiger partial charge in [-0.1, -0.05) is 30.3 Å². The molecule has 0 aliphatic heterocycles. The lowest BCUT2D eigenvalue weighted by Crippen LogP contribution is -2.24. The Labute approximate surface area is 221 Å². The molecule has 5 rings (SSSR count). The molecule has 0 radical (unpaired) electrons. The predicted octanol–water partition coefficient (Wildman–Crippen LogP) is 4.84. The van der Waals surface area contributed by atoms with Crippen LogP contribution < -0.4 is 10.6 Å². The molecule has 0 bridgehead atoms. The Morgan fingerprint density at radius 2 is 1.82 bits per heavy atom. The van der Waals surface area contributed by atoms with Gasteiger partial charge in [-0.15, -0.1) is 0 Å². The van der Waals surface area contributed by atoms with Gasteiger partial charge in [0.25, 0.3) is 5.91 Å².